The molecule has 1 fully saturated rings. The number of benzene rings is 2. The van der Waals surface area contributed by atoms with Crippen molar-refractivity contribution in [1.82, 2.24) is 0 Å². The predicted molar refractivity (Wildman–Crippen MR) is 101 cm³/mol. The van der Waals surface area contributed by atoms with Crippen molar-refractivity contribution in [2.75, 3.05) is 13.2 Å². The minimum atomic E-state index is -4.69. The van der Waals surface area contributed by atoms with Crippen molar-refractivity contribution < 1.29 is 40.6 Å². The minimum Gasteiger partial charge on any atom is -0.459 e. The lowest BCUT2D eigenvalue weighted by Crippen LogP contribution is -2.27. The smallest absolute Gasteiger partial charge is 0.412 e. The molecule has 1 aliphatic heterocycles. The first-order valence-electron chi connectivity index (χ1n) is 9.61. The van der Waals surface area contributed by atoms with Crippen LogP contribution in [0.15, 0.2) is 42.7 Å². The lowest BCUT2D eigenvalue weighted by molar-refractivity contribution is -0.206. The fourth-order valence-electron chi connectivity index (χ4n) is 3.23. The summed E-state index contributed by atoms with van der Waals surface area (Å²) in [6, 6.07) is 5.57. The third-order valence-corrected chi connectivity index (χ3v) is 4.68. The number of hydrogen-bond acceptors (Lipinski definition) is 3. The van der Waals surface area contributed by atoms with Crippen molar-refractivity contribution in [3.8, 4) is 16.9 Å². The van der Waals surface area contributed by atoms with E-state index in [-0.39, 0.29) is 29.4 Å². The van der Waals surface area contributed by atoms with Gasteiger partial charge in [0.1, 0.15) is 5.82 Å². The standard InChI is InChI=1S/C22H20F6O3/c1-2-3-13-11-30-21(31-12-13)14-4-5-16(17(23)8-14)15-9-18(24)20(19(25)10-15)29-7-6-22(26,27)28/h4-10,13,21H,2-3,11-12H2,1H3/b7-6+. The molecule has 0 aliphatic carbocycles. The molecule has 9 heteroatoms. The summed E-state index contributed by atoms with van der Waals surface area (Å²) in [5.41, 5.74) is 0.188. The summed E-state index contributed by atoms with van der Waals surface area (Å²) in [5.74, 6) is -4.04. The van der Waals surface area contributed by atoms with Gasteiger partial charge in [-0.25, -0.2) is 13.2 Å². The van der Waals surface area contributed by atoms with Crippen LogP contribution >= 0.6 is 0 Å². The number of rotatable bonds is 6. The normalized spacial score (nSPS) is 19.7. The Kier molecular flexibility index (Phi) is 7.27. The molecule has 0 bridgehead atoms. The van der Waals surface area contributed by atoms with Gasteiger partial charge in [-0.15, -0.1) is 0 Å². The summed E-state index contributed by atoms with van der Waals surface area (Å²) in [4.78, 5) is 0. The fourth-order valence-corrected chi connectivity index (χ4v) is 3.23. The third kappa shape index (κ3) is 6.01. The molecule has 0 N–H and O–H groups in total. The highest BCUT2D eigenvalue weighted by Gasteiger charge is 2.25. The van der Waals surface area contributed by atoms with Crippen LogP contribution in [0.5, 0.6) is 5.75 Å². The molecule has 3 rings (SSSR count). The first-order valence-corrected chi connectivity index (χ1v) is 9.61. The molecule has 2 aromatic rings. The van der Waals surface area contributed by atoms with Gasteiger partial charge in [-0.3, -0.25) is 0 Å². The van der Waals surface area contributed by atoms with Crippen LogP contribution in [0.1, 0.15) is 31.6 Å². The molecule has 3 nitrogen and oxygen atoms in total. The van der Waals surface area contributed by atoms with Crippen LogP contribution in [-0.4, -0.2) is 19.4 Å². The second-order valence-electron chi connectivity index (χ2n) is 7.12. The highest BCUT2D eigenvalue weighted by atomic mass is 19.4. The van der Waals surface area contributed by atoms with Crippen molar-refractivity contribution in [2.24, 2.45) is 5.92 Å². The number of allylic oxidation sites excluding steroid dienone is 1. The van der Waals surface area contributed by atoms with E-state index in [1.165, 1.54) is 12.1 Å². The van der Waals surface area contributed by atoms with Gasteiger partial charge < -0.3 is 14.2 Å². The van der Waals surface area contributed by atoms with E-state index in [0.717, 1.165) is 31.0 Å². The van der Waals surface area contributed by atoms with Crippen molar-refractivity contribution in [2.45, 2.75) is 32.2 Å². The largest absolute Gasteiger partial charge is 0.459 e. The van der Waals surface area contributed by atoms with Gasteiger partial charge in [0.05, 0.1) is 25.6 Å². The maximum atomic E-state index is 14.7. The molecule has 0 aromatic heterocycles. The van der Waals surface area contributed by atoms with E-state index in [4.69, 9.17) is 9.47 Å². The van der Waals surface area contributed by atoms with E-state index >= 15 is 0 Å². The van der Waals surface area contributed by atoms with Gasteiger partial charge in [0.2, 0.25) is 0 Å². The maximum Gasteiger partial charge on any atom is 0.412 e. The number of alkyl halides is 3. The van der Waals surface area contributed by atoms with Gasteiger partial charge in [0.25, 0.3) is 0 Å². The van der Waals surface area contributed by atoms with Crippen LogP contribution in [0.3, 0.4) is 0 Å². The van der Waals surface area contributed by atoms with E-state index < -0.39 is 35.7 Å². The van der Waals surface area contributed by atoms with Crippen LogP contribution in [0, 0.1) is 23.4 Å². The van der Waals surface area contributed by atoms with Gasteiger partial charge in [-0.2, -0.15) is 13.2 Å². The maximum absolute atomic E-state index is 14.7. The predicted octanol–water partition coefficient (Wildman–Crippen LogP) is 6.69. The van der Waals surface area contributed by atoms with Crippen LogP contribution in [0.2, 0.25) is 0 Å². The van der Waals surface area contributed by atoms with Gasteiger partial charge in [0, 0.05) is 17.0 Å². The molecule has 0 saturated carbocycles. The van der Waals surface area contributed by atoms with E-state index in [9.17, 15) is 26.3 Å². The molecule has 0 amide bonds. The summed E-state index contributed by atoms with van der Waals surface area (Å²) in [6.07, 6.45) is -3.64. The molecule has 1 saturated heterocycles. The van der Waals surface area contributed by atoms with E-state index in [1.807, 2.05) is 0 Å². The highest BCUT2D eigenvalue weighted by Crippen LogP contribution is 2.33. The molecule has 31 heavy (non-hydrogen) atoms. The second-order valence-corrected chi connectivity index (χ2v) is 7.12. The first-order chi connectivity index (χ1) is 14.7. The Morgan fingerprint density at radius 2 is 1.65 bits per heavy atom. The minimum absolute atomic E-state index is 0.0985. The topological polar surface area (TPSA) is 27.7 Å². The third-order valence-electron chi connectivity index (χ3n) is 4.68. The Morgan fingerprint density at radius 1 is 1.00 bits per heavy atom. The van der Waals surface area contributed by atoms with E-state index in [2.05, 4.69) is 11.7 Å². The zero-order valence-corrected chi connectivity index (χ0v) is 16.5. The number of ether oxygens (including phenoxy) is 3. The van der Waals surface area contributed by atoms with Gasteiger partial charge in [-0.1, -0.05) is 25.5 Å². The van der Waals surface area contributed by atoms with Crippen molar-refractivity contribution >= 4 is 0 Å². The molecule has 2 aromatic carbocycles. The van der Waals surface area contributed by atoms with Gasteiger partial charge in [0.15, 0.2) is 23.7 Å². The fraction of sp³-hybridized carbons (Fsp3) is 0.364. The molecule has 0 spiro atoms. The summed E-state index contributed by atoms with van der Waals surface area (Å²) in [6.45, 7) is 3.04. The SMILES string of the molecule is CCCC1COC(c2ccc(-c3cc(F)c(O/C=C/C(F)(F)F)c(F)c3)c(F)c2)OC1. The second kappa shape index (κ2) is 9.74. The monoisotopic (exact) mass is 446 g/mol. The highest BCUT2D eigenvalue weighted by molar-refractivity contribution is 5.66. The Bertz CT molecular complexity index is 910. The Morgan fingerprint density at radius 3 is 2.19 bits per heavy atom. The van der Waals surface area contributed by atoms with Crippen molar-refractivity contribution in [3.05, 3.63) is 65.7 Å². The Hall–Kier alpha value is -2.52. The molecule has 0 radical (unpaired) electrons. The molecule has 0 unspecified atom stereocenters. The zero-order valence-electron chi connectivity index (χ0n) is 16.5. The summed E-state index contributed by atoms with van der Waals surface area (Å²) >= 11 is 0. The lowest BCUT2D eigenvalue weighted by Gasteiger charge is -2.29. The molecular weight excluding hydrogens is 426 g/mol. The van der Waals surface area contributed by atoms with Crippen LogP contribution in [0.25, 0.3) is 11.1 Å². The average molecular weight is 446 g/mol. The lowest BCUT2D eigenvalue weighted by atomic mass is 10.0. The van der Waals surface area contributed by atoms with E-state index in [0.29, 0.717) is 18.8 Å². The Labute approximate surface area is 175 Å². The number of hydrogen-bond donors (Lipinski definition) is 0. The number of halogens is 6. The van der Waals surface area contributed by atoms with Crippen LogP contribution in [0.4, 0.5) is 26.3 Å². The molecule has 1 heterocycles. The van der Waals surface area contributed by atoms with E-state index in [1.54, 1.807) is 0 Å². The van der Waals surface area contributed by atoms with Crippen molar-refractivity contribution in [1.29, 1.82) is 0 Å². The van der Waals surface area contributed by atoms with Crippen LogP contribution < -0.4 is 4.74 Å². The van der Waals surface area contributed by atoms with Crippen molar-refractivity contribution in [3.63, 3.8) is 0 Å². The molecule has 1 aliphatic rings. The molecular formula is C22H20F6O3. The first kappa shape index (κ1) is 23.1. The summed E-state index contributed by atoms with van der Waals surface area (Å²) in [7, 11) is 0. The van der Waals surface area contributed by atoms with Gasteiger partial charge >= 0.3 is 6.18 Å². The van der Waals surface area contributed by atoms with Crippen LogP contribution in [-0.2, 0) is 9.47 Å². The van der Waals surface area contributed by atoms with Gasteiger partial charge in [-0.05, 0) is 30.2 Å². The Balaban J connectivity index is 1.76. The average Bonchev–Trinajstić information content (AvgIpc) is 2.70. The summed E-state index contributed by atoms with van der Waals surface area (Å²) in [5, 5.41) is 0. The molecule has 0 atom stereocenters. The quantitative estimate of drug-likeness (QED) is 0.366. The zero-order chi connectivity index (χ0) is 22.6. The molecule has 168 valence electrons. The summed E-state index contributed by atoms with van der Waals surface area (Å²) < 4.78 is 95.0.